The molecule has 1 aliphatic heterocycles. The summed E-state index contributed by atoms with van der Waals surface area (Å²) in [6.45, 7) is 1.58. The van der Waals surface area contributed by atoms with Crippen molar-refractivity contribution in [1.82, 2.24) is 30.1 Å². The number of ether oxygens (including phenoxy) is 2. The van der Waals surface area contributed by atoms with Crippen molar-refractivity contribution in [3.05, 3.63) is 47.5 Å². The van der Waals surface area contributed by atoms with Crippen molar-refractivity contribution in [1.29, 1.82) is 0 Å². The Morgan fingerprint density at radius 3 is 2.77 bits per heavy atom. The molecule has 5 rings (SSSR count). The molecule has 2 aromatic carbocycles. The van der Waals surface area contributed by atoms with Gasteiger partial charge in [-0.2, -0.15) is 0 Å². The molecule has 2 aromatic heterocycles. The normalized spacial score (nSPS) is 17.2. The number of piperidine rings is 1. The Kier molecular flexibility index (Phi) is 5.52. The van der Waals surface area contributed by atoms with E-state index in [-0.39, 0.29) is 6.04 Å². The minimum Gasteiger partial charge on any atom is -0.493 e. The van der Waals surface area contributed by atoms with Gasteiger partial charge >= 0.3 is 0 Å². The van der Waals surface area contributed by atoms with Gasteiger partial charge in [0.25, 0.3) is 0 Å². The lowest BCUT2D eigenvalue weighted by Crippen LogP contribution is -2.35. The van der Waals surface area contributed by atoms with E-state index in [1.165, 1.54) is 22.5 Å². The Balaban J connectivity index is 1.37. The Morgan fingerprint density at radius 1 is 1.06 bits per heavy atom. The SMILES string of the molecule is COc1ccc(-c2nnn(CN3CCCCC3c3nc4ccccc4s3)n2)cc1OC. The number of hydrogen-bond acceptors (Lipinski definition) is 8. The van der Waals surface area contributed by atoms with Crippen LogP contribution >= 0.6 is 11.3 Å². The lowest BCUT2D eigenvalue weighted by molar-refractivity contribution is 0.0958. The van der Waals surface area contributed by atoms with E-state index in [4.69, 9.17) is 14.5 Å². The smallest absolute Gasteiger partial charge is 0.205 e. The number of nitrogens with zero attached hydrogens (tertiary/aromatic N) is 6. The summed E-state index contributed by atoms with van der Waals surface area (Å²) in [7, 11) is 3.23. The fourth-order valence-corrected chi connectivity index (χ4v) is 5.17. The number of thiazole rings is 1. The molecule has 1 fully saturated rings. The molecule has 1 unspecified atom stereocenters. The van der Waals surface area contributed by atoms with Gasteiger partial charge in [0.2, 0.25) is 5.82 Å². The summed E-state index contributed by atoms with van der Waals surface area (Å²) in [6, 6.07) is 14.2. The third kappa shape index (κ3) is 3.98. The van der Waals surface area contributed by atoms with Crippen LogP contribution in [0.5, 0.6) is 11.5 Å². The maximum Gasteiger partial charge on any atom is 0.205 e. The fraction of sp³-hybridized carbons (Fsp3) is 0.364. The van der Waals surface area contributed by atoms with E-state index in [9.17, 15) is 0 Å². The zero-order valence-corrected chi connectivity index (χ0v) is 18.4. The number of fused-ring (bicyclic) bond motifs is 1. The van der Waals surface area contributed by atoms with Crippen molar-refractivity contribution in [2.24, 2.45) is 0 Å². The van der Waals surface area contributed by atoms with Crippen LogP contribution in [0.4, 0.5) is 0 Å². The molecule has 4 aromatic rings. The number of rotatable bonds is 6. The Labute approximate surface area is 184 Å². The van der Waals surface area contributed by atoms with Gasteiger partial charge in [0.1, 0.15) is 11.7 Å². The number of likely N-dealkylation sites (tertiary alicyclic amines) is 1. The summed E-state index contributed by atoms with van der Waals surface area (Å²) in [6.07, 6.45) is 3.47. The quantitative estimate of drug-likeness (QED) is 0.449. The summed E-state index contributed by atoms with van der Waals surface area (Å²) in [5.74, 6) is 1.88. The molecular weight excluding hydrogens is 412 g/mol. The number of hydrogen-bond donors (Lipinski definition) is 0. The number of benzene rings is 2. The molecule has 160 valence electrons. The molecular formula is C22H24N6O2S. The highest BCUT2D eigenvalue weighted by molar-refractivity contribution is 7.18. The maximum atomic E-state index is 5.39. The van der Waals surface area contributed by atoms with E-state index in [0.717, 1.165) is 24.0 Å². The second-order valence-electron chi connectivity index (χ2n) is 7.54. The molecule has 0 spiro atoms. The lowest BCUT2D eigenvalue weighted by Gasteiger charge is -2.33. The summed E-state index contributed by atoms with van der Waals surface area (Å²) in [4.78, 5) is 8.97. The average Bonchev–Trinajstić information content (AvgIpc) is 3.46. The van der Waals surface area contributed by atoms with Crippen LogP contribution in [0.2, 0.25) is 0 Å². The number of tetrazole rings is 1. The number of aromatic nitrogens is 5. The molecule has 1 saturated heterocycles. The highest BCUT2D eigenvalue weighted by Crippen LogP contribution is 2.36. The predicted molar refractivity (Wildman–Crippen MR) is 119 cm³/mol. The molecule has 3 heterocycles. The standard InChI is InChI=1S/C22H24N6O2S/c1-29-18-11-10-15(13-19(18)30-2)21-24-26-28(25-21)14-27-12-6-5-8-17(27)22-23-16-7-3-4-9-20(16)31-22/h3-4,7,9-11,13,17H,5-6,8,12,14H2,1-2H3. The molecule has 9 heteroatoms. The highest BCUT2D eigenvalue weighted by atomic mass is 32.1. The van der Waals surface area contributed by atoms with E-state index in [2.05, 4.69) is 38.5 Å². The molecule has 0 N–H and O–H groups in total. The van der Waals surface area contributed by atoms with Gasteiger partial charge in [-0.15, -0.1) is 26.3 Å². The maximum absolute atomic E-state index is 5.39. The van der Waals surface area contributed by atoms with Crippen molar-refractivity contribution >= 4 is 21.6 Å². The molecule has 0 aliphatic carbocycles. The lowest BCUT2D eigenvalue weighted by atomic mass is 10.0. The largest absolute Gasteiger partial charge is 0.493 e. The first-order valence-corrected chi connectivity index (χ1v) is 11.2. The second-order valence-corrected chi connectivity index (χ2v) is 8.60. The van der Waals surface area contributed by atoms with Gasteiger partial charge in [0.05, 0.1) is 30.5 Å². The molecule has 0 saturated carbocycles. The number of para-hydroxylation sites is 1. The molecule has 1 aliphatic rings. The molecule has 0 amide bonds. The second kappa shape index (κ2) is 8.60. The van der Waals surface area contributed by atoms with Crippen molar-refractivity contribution < 1.29 is 9.47 Å². The van der Waals surface area contributed by atoms with Gasteiger partial charge in [-0.3, -0.25) is 4.90 Å². The minimum absolute atomic E-state index is 0.279. The molecule has 31 heavy (non-hydrogen) atoms. The van der Waals surface area contributed by atoms with E-state index in [1.54, 1.807) is 30.4 Å². The van der Waals surface area contributed by atoms with Crippen molar-refractivity contribution in [3.63, 3.8) is 0 Å². The van der Waals surface area contributed by atoms with Crippen molar-refractivity contribution in [3.8, 4) is 22.9 Å². The van der Waals surface area contributed by atoms with Crippen LogP contribution in [-0.2, 0) is 6.67 Å². The Hall–Kier alpha value is -3.04. The third-order valence-electron chi connectivity index (χ3n) is 5.61. The van der Waals surface area contributed by atoms with Crippen LogP contribution in [0.25, 0.3) is 21.6 Å². The minimum atomic E-state index is 0.279. The van der Waals surface area contributed by atoms with Gasteiger partial charge in [-0.25, -0.2) is 4.98 Å². The van der Waals surface area contributed by atoms with Gasteiger partial charge in [0, 0.05) is 12.1 Å². The van der Waals surface area contributed by atoms with E-state index in [1.807, 2.05) is 24.3 Å². The van der Waals surface area contributed by atoms with Crippen LogP contribution < -0.4 is 9.47 Å². The highest BCUT2D eigenvalue weighted by Gasteiger charge is 2.27. The summed E-state index contributed by atoms with van der Waals surface area (Å²) < 4.78 is 11.9. The predicted octanol–water partition coefficient (Wildman–Crippen LogP) is 4.15. The topological polar surface area (TPSA) is 78.2 Å². The third-order valence-corrected chi connectivity index (χ3v) is 6.75. The van der Waals surface area contributed by atoms with E-state index in [0.29, 0.717) is 24.0 Å². The van der Waals surface area contributed by atoms with Gasteiger partial charge < -0.3 is 9.47 Å². The zero-order chi connectivity index (χ0) is 21.2. The van der Waals surface area contributed by atoms with Crippen LogP contribution in [0.3, 0.4) is 0 Å². The molecule has 1 atom stereocenters. The van der Waals surface area contributed by atoms with Crippen molar-refractivity contribution in [2.45, 2.75) is 32.0 Å². The summed E-state index contributed by atoms with van der Waals surface area (Å²) >= 11 is 1.78. The number of methoxy groups -OCH3 is 2. The molecule has 0 radical (unpaired) electrons. The Bertz CT molecular complexity index is 1160. The van der Waals surface area contributed by atoms with E-state index < -0.39 is 0 Å². The molecule has 0 bridgehead atoms. The van der Waals surface area contributed by atoms with Gasteiger partial charge in [-0.05, 0) is 48.4 Å². The van der Waals surface area contributed by atoms with Crippen molar-refractivity contribution in [2.75, 3.05) is 20.8 Å². The van der Waals surface area contributed by atoms with Crippen LogP contribution in [-0.4, -0.2) is 50.9 Å². The summed E-state index contributed by atoms with van der Waals surface area (Å²) in [5.41, 5.74) is 1.91. The monoisotopic (exact) mass is 436 g/mol. The fourth-order valence-electron chi connectivity index (χ4n) is 4.03. The summed E-state index contributed by atoms with van der Waals surface area (Å²) in [5, 5.41) is 14.3. The first-order chi connectivity index (χ1) is 15.2. The van der Waals surface area contributed by atoms with Gasteiger partial charge in [-0.1, -0.05) is 18.6 Å². The molecule has 8 nitrogen and oxygen atoms in total. The average molecular weight is 437 g/mol. The first kappa shape index (κ1) is 19.9. The van der Waals surface area contributed by atoms with Crippen LogP contribution in [0.1, 0.15) is 30.3 Å². The van der Waals surface area contributed by atoms with Crippen LogP contribution in [0, 0.1) is 0 Å². The van der Waals surface area contributed by atoms with Crippen LogP contribution in [0.15, 0.2) is 42.5 Å². The zero-order valence-electron chi connectivity index (χ0n) is 17.6. The Morgan fingerprint density at radius 2 is 1.94 bits per heavy atom. The first-order valence-electron chi connectivity index (χ1n) is 10.3. The van der Waals surface area contributed by atoms with Gasteiger partial charge in [0.15, 0.2) is 11.5 Å². The van der Waals surface area contributed by atoms with E-state index >= 15 is 0 Å².